The first-order valence-electron chi connectivity index (χ1n) is 20.6. The predicted octanol–water partition coefficient (Wildman–Crippen LogP) is 16.1. The fourth-order valence-corrected chi connectivity index (χ4v) is 8.87. The van der Waals surface area contributed by atoms with Crippen molar-refractivity contribution in [2.75, 3.05) is 4.90 Å². The van der Waals surface area contributed by atoms with Crippen molar-refractivity contribution in [3.05, 3.63) is 243 Å². The molecule has 282 valence electrons. The van der Waals surface area contributed by atoms with Crippen LogP contribution in [0.4, 0.5) is 17.1 Å². The molecule has 0 fully saturated rings. The predicted molar refractivity (Wildman–Crippen MR) is 255 cm³/mol. The minimum absolute atomic E-state index is 1.09. The first-order valence-corrected chi connectivity index (χ1v) is 20.6. The van der Waals surface area contributed by atoms with Gasteiger partial charge in [-0.3, -0.25) is 0 Å². The van der Waals surface area contributed by atoms with Crippen LogP contribution >= 0.6 is 0 Å². The molecule has 11 rings (SSSR count). The standard InChI is InChI=1S/C58H40N2/c1-2-15-45(16-3-1)51-18-6-10-22-55(51)59(50-38-34-44(35-39-50)48-31-28-41-14-4-5-17-47(41)40-48)49-36-32-43(33-37-49)42-26-29-46(30-27-42)52-19-7-11-23-56(52)60-57-24-12-8-20-53(57)54-21-9-13-25-58(54)60/h1-40H. The first-order chi connectivity index (χ1) is 29.8. The van der Waals surface area contributed by atoms with Crippen LogP contribution in [-0.2, 0) is 0 Å². The summed E-state index contributed by atoms with van der Waals surface area (Å²) in [5, 5.41) is 5.03. The van der Waals surface area contributed by atoms with Crippen molar-refractivity contribution in [2.45, 2.75) is 0 Å². The molecule has 0 atom stereocenters. The highest BCUT2D eigenvalue weighted by molar-refractivity contribution is 6.09. The van der Waals surface area contributed by atoms with Crippen molar-refractivity contribution in [3.8, 4) is 50.2 Å². The van der Waals surface area contributed by atoms with Gasteiger partial charge in [0.15, 0.2) is 0 Å². The summed E-state index contributed by atoms with van der Waals surface area (Å²) in [6, 6.07) is 87.8. The third-order valence-electron chi connectivity index (χ3n) is 11.8. The molecule has 0 aliphatic heterocycles. The van der Waals surface area contributed by atoms with Gasteiger partial charge in [0.05, 0.1) is 22.4 Å². The van der Waals surface area contributed by atoms with E-state index < -0.39 is 0 Å². The number of nitrogens with zero attached hydrogens (tertiary/aromatic N) is 2. The zero-order chi connectivity index (χ0) is 39.8. The Morgan fingerprint density at radius 1 is 0.283 bits per heavy atom. The van der Waals surface area contributed by atoms with Crippen molar-refractivity contribution in [3.63, 3.8) is 0 Å². The van der Waals surface area contributed by atoms with Crippen LogP contribution in [0.2, 0.25) is 0 Å². The normalized spacial score (nSPS) is 11.3. The first kappa shape index (κ1) is 35.2. The summed E-state index contributed by atoms with van der Waals surface area (Å²) in [6.07, 6.45) is 0. The molecule has 0 amide bonds. The molecule has 1 aromatic heterocycles. The Kier molecular flexibility index (Phi) is 8.87. The summed E-state index contributed by atoms with van der Waals surface area (Å²) in [5.74, 6) is 0. The average molecular weight is 765 g/mol. The van der Waals surface area contributed by atoms with Crippen molar-refractivity contribution in [1.82, 2.24) is 4.57 Å². The highest BCUT2D eigenvalue weighted by atomic mass is 15.1. The van der Waals surface area contributed by atoms with Gasteiger partial charge in [-0.15, -0.1) is 0 Å². The zero-order valence-corrected chi connectivity index (χ0v) is 33.0. The number of hydrogen-bond donors (Lipinski definition) is 0. The number of fused-ring (bicyclic) bond motifs is 4. The van der Waals surface area contributed by atoms with Gasteiger partial charge in [0, 0.05) is 33.3 Å². The van der Waals surface area contributed by atoms with Gasteiger partial charge < -0.3 is 9.47 Å². The van der Waals surface area contributed by atoms with E-state index in [1.807, 2.05) is 0 Å². The monoisotopic (exact) mass is 764 g/mol. The number of benzene rings is 10. The Balaban J connectivity index is 0.947. The van der Waals surface area contributed by atoms with Gasteiger partial charge in [-0.2, -0.15) is 0 Å². The highest BCUT2D eigenvalue weighted by Gasteiger charge is 2.18. The molecule has 0 spiro atoms. The topological polar surface area (TPSA) is 8.17 Å². The van der Waals surface area contributed by atoms with Gasteiger partial charge in [-0.1, -0.05) is 188 Å². The highest BCUT2D eigenvalue weighted by Crippen LogP contribution is 2.42. The lowest BCUT2D eigenvalue weighted by Gasteiger charge is -2.28. The molecule has 11 aromatic rings. The molecule has 2 nitrogen and oxygen atoms in total. The van der Waals surface area contributed by atoms with Crippen molar-refractivity contribution < 1.29 is 0 Å². The van der Waals surface area contributed by atoms with Gasteiger partial charge in [0.25, 0.3) is 0 Å². The van der Waals surface area contributed by atoms with Gasteiger partial charge in [-0.05, 0) is 98.8 Å². The Bertz CT molecular complexity index is 3230. The molecule has 0 saturated heterocycles. The average Bonchev–Trinajstić information content (AvgIpc) is 3.67. The number of rotatable bonds is 8. The van der Waals surface area contributed by atoms with E-state index in [4.69, 9.17) is 0 Å². The third kappa shape index (κ3) is 6.32. The number of aromatic nitrogens is 1. The molecule has 0 N–H and O–H groups in total. The van der Waals surface area contributed by atoms with Gasteiger partial charge >= 0.3 is 0 Å². The van der Waals surface area contributed by atoms with Crippen LogP contribution in [-0.4, -0.2) is 4.57 Å². The molecule has 60 heavy (non-hydrogen) atoms. The largest absolute Gasteiger partial charge is 0.310 e. The molecule has 0 unspecified atom stereocenters. The Morgan fingerprint density at radius 2 is 0.733 bits per heavy atom. The van der Waals surface area contributed by atoms with Crippen LogP contribution in [0.5, 0.6) is 0 Å². The summed E-state index contributed by atoms with van der Waals surface area (Å²) in [5.41, 5.74) is 16.4. The number of hydrogen-bond acceptors (Lipinski definition) is 1. The van der Waals surface area contributed by atoms with Crippen LogP contribution in [0.25, 0.3) is 82.8 Å². The molecule has 0 bridgehead atoms. The summed E-state index contributed by atoms with van der Waals surface area (Å²) >= 11 is 0. The van der Waals surface area contributed by atoms with Crippen molar-refractivity contribution in [2.24, 2.45) is 0 Å². The Hall–Kier alpha value is -7.94. The summed E-state index contributed by atoms with van der Waals surface area (Å²) in [6.45, 7) is 0. The second kappa shape index (κ2) is 15.1. The lowest BCUT2D eigenvalue weighted by Crippen LogP contribution is -2.11. The maximum absolute atomic E-state index is 2.41. The zero-order valence-electron chi connectivity index (χ0n) is 33.0. The maximum Gasteiger partial charge on any atom is 0.0541 e. The van der Waals surface area contributed by atoms with E-state index in [0.717, 1.165) is 17.1 Å². The summed E-state index contributed by atoms with van der Waals surface area (Å²) in [4.78, 5) is 2.38. The second-order valence-electron chi connectivity index (χ2n) is 15.3. The van der Waals surface area contributed by atoms with Crippen molar-refractivity contribution in [1.29, 1.82) is 0 Å². The van der Waals surface area contributed by atoms with Gasteiger partial charge in [-0.25, -0.2) is 0 Å². The fourth-order valence-electron chi connectivity index (χ4n) is 8.87. The second-order valence-corrected chi connectivity index (χ2v) is 15.3. The molecule has 1 heterocycles. The van der Waals surface area contributed by atoms with E-state index in [9.17, 15) is 0 Å². The van der Waals surface area contributed by atoms with Crippen molar-refractivity contribution >= 4 is 49.6 Å². The van der Waals surface area contributed by atoms with Crippen LogP contribution in [0.1, 0.15) is 0 Å². The van der Waals surface area contributed by atoms with E-state index in [1.165, 1.54) is 82.8 Å². The molecule has 0 saturated carbocycles. The van der Waals surface area contributed by atoms with E-state index in [-0.39, 0.29) is 0 Å². The van der Waals surface area contributed by atoms with E-state index in [2.05, 4.69) is 252 Å². The van der Waals surface area contributed by atoms with E-state index in [1.54, 1.807) is 0 Å². The summed E-state index contributed by atoms with van der Waals surface area (Å²) in [7, 11) is 0. The molecule has 0 aliphatic rings. The molecular formula is C58H40N2. The van der Waals surface area contributed by atoms with E-state index in [0.29, 0.717) is 0 Å². The molecule has 0 radical (unpaired) electrons. The van der Waals surface area contributed by atoms with Crippen LogP contribution in [0, 0.1) is 0 Å². The smallest absolute Gasteiger partial charge is 0.0541 e. The third-order valence-corrected chi connectivity index (χ3v) is 11.8. The number of anilines is 3. The quantitative estimate of drug-likeness (QED) is 0.150. The van der Waals surface area contributed by atoms with E-state index >= 15 is 0 Å². The molecule has 10 aromatic carbocycles. The fraction of sp³-hybridized carbons (Fsp3) is 0. The van der Waals surface area contributed by atoms with Crippen LogP contribution in [0.3, 0.4) is 0 Å². The minimum atomic E-state index is 1.09. The molecular weight excluding hydrogens is 725 g/mol. The van der Waals surface area contributed by atoms with Gasteiger partial charge in [0.1, 0.15) is 0 Å². The van der Waals surface area contributed by atoms with Crippen LogP contribution in [0.15, 0.2) is 243 Å². The molecule has 0 aliphatic carbocycles. The lowest BCUT2D eigenvalue weighted by atomic mass is 9.98. The lowest BCUT2D eigenvalue weighted by molar-refractivity contribution is 1.18. The summed E-state index contributed by atoms with van der Waals surface area (Å²) < 4.78 is 2.41. The Morgan fingerprint density at radius 3 is 1.40 bits per heavy atom. The Labute approximate surface area is 350 Å². The SMILES string of the molecule is c1ccc(-c2ccccc2N(c2ccc(-c3ccc(-c4ccccc4-n4c5ccccc5c5ccccc54)cc3)cc2)c2ccc(-c3ccc4ccccc4c3)cc2)cc1. The van der Waals surface area contributed by atoms with Crippen LogP contribution < -0.4 is 4.90 Å². The minimum Gasteiger partial charge on any atom is -0.310 e. The number of para-hydroxylation sites is 4. The molecule has 2 heteroatoms. The maximum atomic E-state index is 2.41. The van der Waals surface area contributed by atoms with Gasteiger partial charge in [0.2, 0.25) is 0 Å².